The van der Waals surface area contributed by atoms with Crippen molar-refractivity contribution in [2.24, 2.45) is 0 Å². The number of rotatable bonds is 1. The summed E-state index contributed by atoms with van der Waals surface area (Å²) in [5.74, 6) is -0.176. The van der Waals surface area contributed by atoms with E-state index < -0.39 is 5.95 Å². The molecule has 70 valence electrons. The Bertz CT molecular complexity index is 418. The predicted molar refractivity (Wildman–Crippen MR) is 50.2 cm³/mol. The highest BCUT2D eigenvalue weighted by atomic mass is 35.5. The number of halogens is 2. The third-order valence-corrected chi connectivity index (χ3v) is 1.82. The molecule has 2 aromatic rings. The minimum atomic E-state index is -0.564. The van der Waals surface area contributed by atoms with Gasteiger partial charge in [-0.2, -0.15) is 4.39 Å². The predicted octanol–water partition coefficient (Wildman–Crippen LogP) is 2.33. The van der Waals surface area contributed by atoms with E-state index in [-0.39, 0.29) is 0 Å². The minimum absolute atomic E-state index is 0.326. The van der Waals surface area contributed by atoms with Crippen LogP contribution in [0.15, 0.2) is 30.6 Å². The molecule has 5 heteroatoms. The molecule has 2 rings (SSSR count). The highest BCUT2D eigenvalue weighted by Crippen LogP contribution is 2.15. The van der Waals surface area contributed by atoms with Crippen LogP contribution < -0.4 is 0 Å². The average molecular weight is 210 g/mol. The molecule has 0 saturated heterocycles. The molecular weight excluding hydrogens is 205 g/mol. The molecule has 0 fully saturated rings. The molecule has 14 heavy (non-hydrogen) atoms. The van der Waals surface area contributed by atoms with Crippen LogP contribution in [0.1, 0.15) is 0 Å². The van der Waals surface area contributed by atoms with Gasteiger partial charge in [-0.15, -0.1) is 0 Å². The van der Waals surface area contributed by atoms with Crippen LogP contribution >= 0.6 is 11.6 Å². The Balaban J connectivity index is 2.49. The van der Waals surface area contributed by atoms with Gasteiger partial charge in [-0.1, -0.05) is 11.6 Å². The van der Waals surface area contributed by atoms with Crippen molar-refractivity contribution >= 4 is 11.6 Å². The summed E-state index contributed by atoms with van der Waals surface area (Å²) in [4.78, 5) is 11.3. The maximum absolute atomic E-state index is 12.8. The topological polar surface area (TPSA) is 38.7 Å². The number of hydrogen-bond donors (Lipinski definition) is 0. The standard InChI is InChI=1S/C9H5ClFN3/c10-7-2-4-13-9(14-7)6-1-3-12-8(11)5-6/h1-5H. The monoisotopic (exact) mass is 209 g/mol. The molecule has 0 radical (unpaired) electrons. The molecule has 0 aliphatic heterocycles. The first-order valence-corrected chi connectivity index (χ1v) is 4.24. The first-order chi connectivity index (χ1) is 6.75. The summed E-state index contributed by atoms with van der Waals surface area (Å²) in [5, 5.41) is 0.326. The molecule has 0 bridgehead atoms. The summed E-state index contributed by atoms with van der Waals surface area (Å²) in [7, 11) is 0. The van der Waals surface area contributed by atoms with Crippen molar-refractivity contribution in [1.82, 2.24) is 15.0 Å². The lowest BCUT2D eigenvalue weighted by molar-refractivity contribution is 0.584. The maximum atomic E-state index is 12.8. The van der Waals surface area contributed by atoms with Crippen LogP contribution in [-0.4, -0.2) is 15.0 Å². The molecular formula is C9H5ClFN3. The van der Waals surface area contributed by atoms with Crippen LogP contribution in [0.2, 0.25) is 5.15 Å². The summed E-state index contributed by atoms with van der Waals surface area (Å²) >= 11 is 5.67. The Hall–Kier alpha value is -1.55. The summed E-state index contributed by atoms with van der Waals surface area (Å²) in [6, 6.07) is 4.43. The van der Waals surface area contributed by atoms with Gasteiger partial charge in [0.05, 0.1) is 0 Å². The zero-order valence-electron chi connectivity index (χ0n) is 6.98. The third kappa shape index (κ3) is 1.85. The van der Waals surface area contributed by atoms with Gasteiger partial charge in [0.1, 0.15) is 5.15 Å². The van der Waals surface area contributed by atoms with Crippen molar-refractivity contribution in [3.63, 3.8) is 0 Å². The van der Waals surface area contributed by atoms with Crippen molar-refractivity contribution < 1.29 is 4.39 Å². The lowest BCUT2D eigenvalue weighted by Crippen LogP contribution is -1.90. The third-order valence-electron chi connectivity index (χ3n) is 1.61. The highest BCUT2D eigenvalue weighted by Gasteiger charge is 2.02. The summed E-state index contributed by atoms with van der Waals surface area (Å²) in [5.41, 5.74) is 0.556. The second-order valence-corrected chi connectivity index (χ2v) is 2.96. The molecule has 0 N–H and O–H groups in total. The quantitative estimate of drug-likeness (QED) is 0.535. The fraction of sp³-hybridized carbons (Fsp3) is 0. The number of nitrogens with zero attached hydrogens (tertiary/aromatic N) is 3. The number of hydrogen-bond acceptors (Lipinski definition) is 3. The summed E-state index contributed by atoms with van der Waals surface area (Å²) < 4.78 is 12.8. The number of aromatic nitrogens is 3. The Morgan fingerprint density at radius 3 is 2.64 bits per heavy atom. The van der Waals surface area contributed by atoms with Crippen LogP contribution in [0.5, 0.6) is 0 Å². The van der Waals surface area contributed by atoms with Crippen molar-refractivity contribution in [3.05, 3.63) is 41.7 Å². The van der Waals surface area contributed by atoms with Crippen molar-refractivity contribution in [1.29, 1.82) is 0 Å². The van der Waals surface area contributed by atoms with E-state index in [9.17, 15) is 4.39 Å². The van der Waals surface area contributed by atoms with Crippen LogP contribution in [-0.2, 0) is 0 Å². The Morgan fingerprint density at radius 2 is 1.93 bits per heavy atom. The second kappa shape index (κ2) is 3.67. The van der Waals surface area contributed by atoms with E-state index in [0.29, 0.717) is 16.5 Å². The van der Waals surface area contributed by atoms with Crippen molar-refractivity contribution in [3.8, 4) is 11.4 Å². The van der Waals surface area contributed by atoms with Crippen LogP contribution in [0.25, 0.3) is 11.4 Å². The van der Waals surface area contributed by atoms with Gasteiger partial charge in [-0.25, -0.2) is 15.0 Å². The molecule has 2 heterocycles. The maximum Gasteiger partial charge on any atom is 0.213 e. The second-order valence-electron chi connectivity index (χ2n) is 2.57. The van der Waals surface area contributed by atoms with Crippen LogP contribution in [0.3, 0.4) is 0 Å². The van der Waals surface area contributed by atoms with Crippen LogP contribution in [0.4, 0.5) is 4.39 Å². The van der Waals surface area contributed by atoms with Gasteiger partial charge in [-0.05, 0) is 12.1 Å². The normalized spacial score (nSPS) is 10.1. The summed E-state index contributed by atoms with van der Waals surface area (Å²) in [6.45, 7) is 0. The molecule has 0 amide bonds. The van der Waals surface area contributed by atoms with E-state index in [1.54, 1.807) is 12.1 Å². The molecule has 3 nitrogen and oxygen atoms in total. The Labute approximate surface area is 84.6 Å². The van der Waals surface area contributed by atoms with E-state index in [0.717, 1.165) is 0 Å². The molecule has 0 aliphatic carbocycles. The lowest BCUT2D eigenvalue weighted by Gasteiger charge is -1.98. The van der Waals surface area contributed by atoms with Crippen LogP contribution in [0, 0.1) is 5.95 Å². The van der Waals surface area contributed by atoms with Gasteiger partial charge in [0, 0.05) is 24.0 Å². The van der Waals surface area contributed by atoms with E-state index in [4.69, 9.17) is 11.6 Å². The van der Waals surface area contributed by atoms with Gasteiger partial charge in [0.15, 0.2) is 5.82 Å². The Kier molecular flexibility index (Phi) is 2.37. The molecule has 0 spiro atoms. The fourth-order valence-corrected chi connectivity index (χ4v) is 1.15. The average Bonchev–Trinajstić information content (AvgIpc) is 2.18. The van der Waals surface area contributed by atoms with Gasteiger partial charge < -0.3 is 0 Å². The Morgan fingerprint density at radius 1 is 1.14 bits per heavy atom. The van der Waals surface area contributed by atoms with Crippen molar-refractivity contribution in [2.45, 2.75) is 0 Å². The molecule has 0 aliphatic rings. The van der Waals surface area contributed by atoms with Gasteiger partial charge in [-0.3, -0.25) is 0 Å². The first-order valence-electron chi connectivity index (χ1n) is 3.86. The van der Waals surface area contributed by atoms with Gasteiger partial charge in [0.25, 0.3) is 0 Å². The molecule has 0 atom stereocenters. The van der Waals surface area contributed by atoms with E-state index >= 15 is 0 Å². The largest absolute Gasteiger partial charge is 0.236 e. The SMILES string of the molecule is Fc1cc(-c2nccc(Cl)n2)ccn1. The molecule has 0 aromatic carbocycles. The zero-order chi connectivity index (χ0) is 9.97. The number of pyridine rings is 1. The lowest BCUT2D eigenvalue weighted by atomic mass is 10.2. The smallest absolute Gasteiger partial charge is 0.213 e. The van der Waals surface area contributed by atoms with Crippen molar-refractivity contribution in [2.75, 3.05) is 0 Å². The fourth-order valence-electron chi connectivity index (χ4n) is 1.02. The zero-order valence-corrected chi connectivity index (χ0v) is 7.74. The highest BCUT2D eigenvalue weighted by molar-refractivity contribution is 6.29. The van der Waals surface area contributed by atoms with E-state index in [1.165, 1.54) is 18.5 Å². The van der Waals surface area contributed by atoms with E-state index in [1.807, 2.05) is 0 Å². The van der Waals surface area contributed by atoms with Gasteiger partial charge in [0.2, 0.25) is 5.95 Å². The molecule has 2 aromatic heterocycles. The molecule has 0 unspecified atom stereocenters. The summed E-state index contributed by atoms with van der Waals surface area (Å²) in [6.07, 6.45) is 2.87. The minimum Gasteiger partial charge on any atom is -0.236 e. The van der Waals surface area contributed by atoms with E-state index in [2.05, 4.69) is 15.0 Å². The van der Waals surface area contributed by atoms with Gasteiger partial charge >= 0.3 is 0 Å². The first kappa shape index (κ1) is 9.02. The molecule has 0 saturated carbocycles.